The van der Waals surface area contributed by atoms with Crippen molar-refractivity contribution in [2.75, 3.05) is 26.7 Å². The Balaban J connectivity index is 0. The van der Waals surface area contributed by atoms with Gasteiger partial charge in [0.05, 0.1) is 26.7 Å². The minimum absolute atomic E-state index is 0. The Morgan fingerprint density at radius 2 is 1.11 bits per heavy atom. The monoisotopic (exact) mass is 133 g/mol. The van der Waals surface area contributed by atoms with E-state index >= 15 is 0 Å². The maximum atomic E-state index is 2.29. The van der Waals surface area contributed by atoms with Crippen LogP contribution < -0.4 is 0 Å². The fraction of sp³-hybridized carbons (Fsp3) is 1.00. The molecule has 9 heavy (non-hydrogen) atoms. The van der Waals surface area contributed by atoms with Gasteiger partial charge in [0.2, 0.25) is 0 Å². The SMILES string of the molecule is CC[N+](C)(CC)CC.[OH-]. The van der Waals surface area contributed by atoms with Crippen molar-refractivity contribution in [1.29, 1.82) is 0 Å². The van der Waals surface area contributed by atoms with Gasteiger partial charge in [0.15, 0.2) is 0 Å². The molecule has 0 saturated heterocycles. The standard InChI is InChI=1S/C7H18N.H2O/c1-5-8(4,6-2)7-3;/h5-7H2,1-4H3;1H2/q+1;/p-1. The van der Waals surface area contributed by atoms with Crippen molar-refractivity contribution in [3.8, 4) is 0 Å². The highest BCUT2D eigenvalue weighted by Crippen LogP contribution is 1.97. The average molecular weight is 133 g/mol. The van der Waals surface area contributed by atoms with Crippen LogP contribution in [-0.2, 0) is 0 Å². The molecule has 2 heteroatoms. The van der Waals surface area contributed by atoms with Crippen molar-refractivity contribution < 1.29 is 9.96 Å². The van der Waals surface area contributed by atoms with Gasteiger partial charge in [-0.05, 0) is 20.8 Å². The molecule has 0 atom stereocenters. The Morgan fingerprint density at radius 1 is 0.889 bits per heavy atom. The van der Waals surface area contributed by atoms with Gasteiger partial charge in [-0.25, -0.2) is 0 Å². The van der Waals surface area contributed by atoms with Gasteiger partial charge < -0.3 is 9.96 Å². The normalized spacial score (nSPS) is 10.7. The summed E-state index contributed by atoms with van der Waals surface area (Å²) in [6, 6.07) is 0. The lowest BCUT2D eigenvalue weighted by molar-refractivity contribution is -0.904. The van der Waals surface area contributed by atoms with Crippen LogP contribution in [0.25, 0.3) is 0 Å². The van der Waals surface area contributed by atoms with Crippen LogP contribution in [-0.4, -0.2) is 36.6 Å². The Kier molecular flexibility index (Phi) is 6.19. The minimum atomic E-state index is 0. The van der Waals surface area contributed by atoms with Gasteiger partial charge in [-0.15, -0.1) is 0 Å². The molecule has 58 valence electrons. The van der Waals surface area contributed by atoms with Crippen LogP contribution >= 0.6 is 0 Å². The predicted octanol–water partition coefficient (Wildman–Crippen LogP) is 1.32. The number of quaternary nitrogens is 1. The van der Waals surface area contributed by atoms with Gasteiger partial charge in [0.25, 0.3) is 0 Å². The second kappa shape index (κ2) is 4.77. The molecule has 0 fully saturated rings. The van der Waals surface area contributed by atoms with Crippen LogP contribution in [0.3, 0.4) is 0 Å². The molecule has 0 heterocycles. The third-order valence-electron chi connectivity index (χ3n) is 2.29. The van der Waals surface area contributed by atoms with Crippen LogP contribution in [0.1, 0.15) is 20.8 Å². The van der Waals surface area contributed by atoms with Crippen molar-refractivity contribution in [2.24, 2.45) is 0 Å². The molecule has 0 bridgehead atoms. The van der Waals surface area contributed by atoms with E-state index in [4.69, 9.17) is 0 Å². The largest absolute Gasteiger partial charge is 0.870 e. The van der Waals surface area contributed by atoms with E-state index in [1.54, 1.807) is 0 Å². The van der Waals surface area contributed by atoms with Crippen molar-refractivity contribution in [3.63, 3.8) is 0 Å². The third kappa shape index (κ3) is 3.49. The molecule has 0 radical (unpaired) electrons. The van der Waals surface area contributed by atoms with Crippen LogP contribution in [0.15, 0.2) is 0 Å². The number of hydrogen-bond acceptors (Lipinski definition) is 1. The summed E-state index contributed by atoms with van der Waals surface area (Å²) in [7, 11) is 2.29. The van der Waals surface area contributed by atoms with E-state index in [2.05, 4.69) is 27.8 Å². The summed E-state index contributed by atoms with van der Waals surface area (Å²) < 4.78 is 1.21. The van der Waals surface area contributed by atoms with Gasteiger partial charge in [-0.3, -0.25) is 0 Å². The molecule has 0 amide bonds. The fourth-order valence-electron chi connectivity index (χ4n) is 0.671. The Morgan fingerprint density at radius 3 is 1.11 bits per heavy atom. The van der Waals surface area contributed by atoms with Crippen molar-refractivity contribution in [2.45, 2.75) is 20.8 Å². The van der Waals surface area contributed by atoms with Crippen molar-refractivity contribution in [1.82, 2.24) is 0 Å². The van der Waals surface area contributed by atoms with Crippen LogP contribution in [0, 0.1) is 0 Å². The third-order valence-corrected chi connectivity index (χ3v) is 2.29. The number of rotatable bonds is 3. The van der Waals surface area contributed by atoms with Crippen molar-refractivity contribution in [3.05, 3.63) is 0 Å². The highest BCUT2D eigenvalue weighted by Gasteiger charge is 2.10. The summed E-state index contributed by atoms with van der Waals surface area (Å²) in [5, 5.41) is 0. The lowest BCUT2D eigenvalue weighted by Gasteiger charge is -2.30. The van der Waals surface area contributed by atoms with Gasteiger partial charge in [0.1, 0.15) is 0 Å². The fourth-order valence-corrected chi connectivity index (χ4v) is 0.671. The molecule has 1 N–H and O–H groups in total. The van der Waals surface area contributed by atoms with Gasteiger partial charge >= 0.3 is 0 Å². The molecular weight excluding hydrogens is 114 g/mol. The molecule has 0 aromatic heterocycles. The van der Waals surface area contributed by atoms with Gasteiger partial charge in [0, 0.05) is 0 Å². The van der Waals surface area contributed by atoms with E-state index in [1.807, 2.05) is 0 Å². The maximum Gasteiger partial charge on any atom is 0.0755 e. The van der Waals surface area contributed by atoms with E-state index in [9.17, 15) is 0 Å². The molecule has 2 nitrogen and oxygen atoms in total. The first-order valence-corrected chi connectivity index (χ1v) is 3.52. The molecular formula is C7H19NO. The van der Waals surface area contributed by atoms with Crippen LogP contribution in [0.4, 0.5) is 0 Å². The lowest BCUT2D eigenvalue weighted by Crippen LogP contribution is -2.42. The summed E-state index contributed by atoms with van der Waals surface area (Å²) >= 11 is 0. The molecule has 0 unspecified atom stereocenters. The summed E-state index contributed by atoms with van der Waals surface area (Å²) in [4.78, 5) is 0. The van der Waals surface area contributed by atoms with Crippen LogP contribution in [0.5, 0.6) is 0 Å². The molecule has 0 aromatic carbocycles. The van der Waals surface area contributed by atoms with E-state index < -0.39 is 0 Å². The molecule has 0 aliphatic carbocycles. The van der Waals surface area contributed by atoms with E-state index in [1.165, 1.54) is 24.1 Å². The highest BCUT2D eigenvalue weighted by molar-refractivity contribution is 4.24. The molecule has 0 rings (SSSR count). The van der Waals surface area contributed by atoms with E-state index in [0.717, 1.165) is 0 Å². The molecule has 0 aliphatic heterocycles. The minimum Gasteiger partial charge on any atom is -0.870 e. The van der Waals surface area contributed by atoms with Crippen molar-refractivity contribution >= 4 is 0 Å². The zero-order valence-electron chi connectivity index (χ0n) is 7.02. The second-order valence-electron chi connectivity index (χ2n) is 2.57. The first-order chi connectivity index (χ1) is 3.68. The summed E-state index contributed by atoms with van der Waals surface area (Å²) in [5.41, 5.74) is 0. The highest BCUT2D eigenvalue weighted by atomic mass is 16.0. The Labute approximate surface area is 58.4 Å². The van der Waals surface area contributed by atoms with Crippen LogP contribution in [0.2, 0.25) is 0 Å². The lowest BCUT2D eigenvalue weighted by atomic mass is 10.4. The van der Waals surface area contributed by atoms with E-state index in [-0.39, 0.29) is 5.48 Å². The zero-order chi connectivity index (χ0) is 6.62. The van der Waals surface area contributed by atoms with Gasteiger partial charge in [-0.1, -0.05) is 0 Å². The summed E-state index contributed by atoms with van der Waals surface area (Å²) in [6.07, 6.45) is 0. The topological polar surface area (TPSA) is 30.0 Å². The molecule has 0 aromatic rings. The second-order valence-corrected chi connectivity index (χ2v) is 2.57. The molecule has 0 saturated carbocycles. The number of hydrogen-bond donors (Lipinski definition) is 0. The molecule has 0 aliphatic rings. The quantitative estimate of drug-likeness (QED) is 0.534. The van der Waals surface area contributed by atoms with E-state index in [0.29, 0.717) is 0 Å². The first-order valence-electron chi connectivity index (χ1n) is 3.52. The first kappa shape index (κ1) is 11.7. The maximum absolute atomic E-state index is 2.29. The zero-order valence-corrected chi connectivity index (χ0v) is 7.02. The summed E-state index contributed by atoms with van der Waals surface area (Å²) in [6.45, 7) is 10.5. The number of nitrogens with zero attached hydrogens (tertiary/aromatic N) is 1. The molecule has 0 spiro atoms. The van der Waals surface area contributed by atoms with Gasteiger partial charge in [-0.2, -0.15) is 0 Å². The smallest absolute Gasteiger partial charge is 0.0755 e. The predicted molar refractivity (Wildman–Crippen MR) is 39.7 cm³/mol. The Hall–Kier alpha value is -0.0800. The average Bonchev–Trinajstić information content (AvgIpc) is 1.87. The summed E-state index contributed by atoms with van der Waals surface area (Å²) in [5.74, 6) is 0. The Bertz CT molecular complexity index is 51.7.